The van der Waals surface area contributed by atoms with Crippen LogP contribution in [0.3, 0.4) is 0 Å². The molecule has 1 rings (SSSR count). The minimum atomic E-state index is 0.310. The summed E-state index contributed by atoms with van der Waals surface area (Å²) < 4.78 is 6.73. The van der Waals surface area contributed by atoms with Gasteiger partial charge in [-0.3, -0.25) is 0 Å². The van der Waals surface area contributed by atoms with Crippen molar-refractivity contribution in [2.75, 3.05) is 0 Å². The average molecular weight is 276 g/mol. The van der Waals surface area contributed by atoms with Crippen LogP contribution in [0.2, 0.25) is 0 Å². The van der Waals surface area contributed by atoms with Crippen molar-refractivity contribution >= 4 is 22.6 Å². The Morgan fingerprint density at radius 2 is 1.83 bits per heavy atom. The summed E-state index contributed by atoms with van der Waals surface area (Å²) in [7, 11) is 0. The molecule has 0 saturated heterocycles. The van der Waals surface area contributed by atoms with Crippen LogP contribution in [0.5, 0.6) is 0 Å². The first-order valence-electron chi connectivity index (χ1n) is 4.04. The van der Waals surface area contributed by atoms with Crippen LogP contribution in [0.15, 0.2) is 24.3 Å². The van der Waals surface area contributed by atoms with Crippen LogP contribution in [0.25, 0.3) is 0 Å². The van der Waals surface area contributed by atoms with Gasteiger partial charge in [0.25, 0.3) is 0 Å². The number of rotatable bonds is 3. The molecular formula is C10H13IO. The Balaban J connectivity index is 2.48. The largest absolute Gasteiger partial charge is 0.374 e. The molecular weight excluding hydrogens is 263 g/mol. The van der Waals surface area contributed by atoms with Crippen LogP contribution in [0, 0.1) is 3.57 Å². The number of hydrogen-bond donors (Lipinski definition) is 0. The summed E-state index contributed by atoms with van der Waals surface area (Å²) in [6.07, 6.45) is 0.310. The highest BCUT2D eigenvalue weighted by molar-refractivity contribution is 14.1. The van der Waals surface area contributed by atoms with E-state index in [4.69, 9.17) is 4.74 Å². The normalized spacial score (nSPS) is 10.7. The smallest absolute Gasteiger partial charge is 0.0720 e. The summed E-state index contributed by atoms with van der Waals surface area (Å²) in [6.45, 7) is 4.81. The number of ether oxygens (including phenoxy) is 1. The monoisotopic (exact) mass is 276 g/mol. The first-order valence-corrected chi connectivity index (χ1v) is 5.12. The van der Waals surface area contributed by atoms with Crippen molar-refractivity contribution in [2.24, 2.45) is 0 Å². The Morgan fingerprint density at radius 3 is 2.33 bits per heavy atom. The van der Waals surface area contributed by atoms with Crippen LogP contribution in [-0.2, 0) is 11.3 Å². The first kappa shape index (κ1) is 9.99. The highest BCUT2D eigenvalue weighted by Crippen LogP contribution is 2.08. The van der Waals surface area contributed by atoms with Crippen LogP contribution in [0.4, 0.5) is 0 Å². The minimum Gasteiger partial charge on any atom is -0.374 e. The third-order valence-electron chi connectivity index (χ3n) is 1.50. The van der Waals surface area contributed by atoms with E-state index in [1.54, 1.807) is 0 Å². The van der Waals surface area contributed by atoms with Crippen LogP contribution in [-0.4, -0.2) is 6.10 Å². The zero-order valence-corrected chi connectivity index (χ0v) is 9.54. The van der Waals surface area contributed by atoms with E-state index in [0.29, 0.717) is 12.7 Å². The van der Waals surface area contributed by atoms with E-state index in [-0.39, 0.29) is 0 Å². The van der Waals surface area contributed by atoms with Crippen molar-refractivity contribution in [3.8, 4) is 0 Å². The fourth-order valence-electron chi connectivity index (χ4n) is 0.844. The van der Waals surface area contributed by atoms with Gasteiger partial charge in [-0.1, -0.05) is 12.1 Å². The Bertz CT molecular complexity index is 228. The summed E-state index contributed by atoms with van der Waals surface area (Å²) in [5.74, 6) is 0. The zero-order chi connectivity index (χ0) is 8.97. The quantitative estimate of drug-likeness (QED) is 0.770. The lowest BCUT2D eigenvalue weighted by molar-refractivity contribution is 0.0657. The molecule has 1 nitrogen and oxygen atoms in total. The SMILES string of the molecule is CC(C)OCc1ccc(I)cc1. The van der Waals surface area contributed by atoms with Crippen LogP contribution >= 0.6 is 22.6 Å². The van der Waals surface area contributed by atoms with Gasteiger partial charge in [0, 0.05) is 3.57 Å². The molecule has 2 heteroatoms. The third kappa shape index (κ3) is 3.54. The molecule has 1 aromatic rings. The Hall–Kier alpha value is -0.0900. The molecule has 0 aliphatic heterocycles. The Kier molecular flexibility index (Phi) is 4.01. The van der Waals surface area contributed by atoms with E-state index in [0.717, 1.165) is 0 Å². The van der Waals surface area contributed by atoms with E-state index in [9.17, 15) is 0 Å². The first-order chi connectivity index (χ1) is 5.68. The molecule has 0 spiro atoms. The topological polar surface area (TPSA) is 9.23 Å². The van der Waals surface area contributed by atoms with Crippen molar-refractivity contribution in [2.45, 2.75) is 26.6 Å². The lowest BCUT2D eigenvalue weighted by Gasteiger charge is -2.06. The molecule has 0 aliphatic rings. The van der Waals surface area contributed by atoms with Gasteiger partial charge in [-0.25, -0.2) is 0 Å². The maximum atomic E-state index is 5.47. The standard InChI is InChI=1S/C10H13IO/c1-8(2)12-7-9-3-5-10(11)6-4-9/h3-6,8H,7H2,1-2H3. The second-order valence-electron chi connectivity index (χ2n) is 2.99. The van der Waals surface area contributed by atoms with E-state index in [1.165, 1.54) is 9.13 Å². The molecule has 66 valence electrons. The van der Waals surface area contributed by atoms with Crippen molar-refractivity contribution in [1.82, 2.24) is 0 Å². The van der Waals surface area contributed by atoms with E-state index in [2.05, 4.69) is 46.9 Å². The minimum absolute atomic E-state index is 0.310. The van der Waals surface area contributed by atoms with Gasteiger partial charge in [0.1, 0.15) is 0 Å². The van der Waals surface area contributed by atoms with Gasteiger partial charge in [-0.05, 0) is 54.1 Å². The molecule has 0 heterocycles. The van der Waals surface area contributed by atoms with Gasteiger partial charge in [0.2, 0.25) is 0 Å². The summed E-state index contributed by atoms with van der Waals surface area (Å²) in [6, 6.07) is 8.40. The van der Waals surface area contributed by atoms with Gasteiger partial charge in [-0.15, -0.1) is 0 Å². The van der Waals surface area contributed by atoms with Crippen molar-refractivity contribution in [1.29, 1.82) is 0 Å². The van der Waals surface area contributed by atoms with Gasteiger partial charge < -0.3 is 4.74 Å². The fourth-order valence-corrected chi connectivity index (χ4v) is 1.20. The molecule has 0 unspecified atom stereocenters. The van der Waals surface area contributed by atoms with Crippen LogP contribution < -0.4 is 0 Å². The third-order valence-corrected chi connectivity index (χ3v) is 2.22. The van der Waals surface area contributed by atoms with E-state index < -0.39 is 0 Å². The molecule has 0 radical (unpaired) electrons. The lowest BCUT2D eigenvalue weighted by atomic mass is 10.2. The number of halogens is 1. The zero-order valence-electron chi connectivity index (χ0n) is 7.38. The van der Waals surface area contributed by atoms with Gasteiger partial charge >= 0.3 is 0 Å². The highest BCUT2D eigenvalue weighted by atomic mass is 127. The molecule has 0 bridgehead atoms. The van der Waals surface area contributed by atoms with Crippen molar-refractivity contribution in [3.05, 3.63) is 33.4 Å². The predicted molar refractivity (Wildman–Crippen MR) is 59.1 cm³/mol. The molecule has 0 N–H and O–H groups in total. The fraction of sp³-hybridized carbons (Fsp3) is 0.400. The second-order valence-corrected chi connectivity index (χ2v) is 4.23. The summed E-state index contributed by atoms with van der Waals surface area (Å²) in [5.41, 5.74) is 1.24. The molecule has 0 aromatic heterocycles. The Morgan fingerprint density at radius 1 is 1.25 bits per heavy atom. The van der Waals surface area contributed by atoms with Crippen molar-refractivity contribution < 1.29 is 4.74 Å². The van der Waals surface area contributed by atoms with Crippen LogP contribution in [0.1, 0.15) is 19.4 Å². The lowest BCUT2D eigenvalue weighted by Crippen LogP contribution is -2.01. The predicted octanol–water partition coefficient (Wildman–Crippen LogP) is 3.22. The maximum absolute atomic E-state index is 5.47. The van der Waals surface area contributed by atoms with Gasteiger partial charge in [0.05, 0.1) is 12.7 Å². The molecule has 0 amide bonds. The molecule has 0 fully saturated rings. The molecule has 1 aromatic carbocycles. The average Bonchev–Trinajstić information content (AvgIpc) is 2.03. The van der Waals surface area contributed by atoms with E-state index >= 15 is 0 Å². The number of hydrogen-bond acceptors (Lipinski definition) is 1. The highest BCUT2D eigenvalue weighted by Gasteiger charge is 1.95. The molecule has 0 atom stereocenters. The second kappa shape index (κ2) is 4.82. The summed E-state index contributed by atoms with van der Waals surface area (Å²) in [5, 5.41) is 0. The maximum Gasteiger partial charge on any atom is 0.0720 e. The van der Waals surface area contributed by atoms with Gasteiger partial charge in [0.15, 0.2) is 0 Å². The van der Waals surface area contributed by atoms with Crippen molar-refractivity contribution in [3.63, 3.8) is 0 Å². The van der Waals surface area contributed by atoms with E-state index in [1.807, 2.05) is 13.8 Å². The Labute approximate surface area is 87.3 Å². The molecule has 0 aliphatic carbocycles. The number of benzene rings is 1. The molecule has 0 saturated carbocycles. The summed E-state index contributed by atoms with van der Waals surface area (Å²) >= 11 is 2.30. The van der Waals surface area contributed by atoms with Gasteiger partial charge in [-0.2, -0.15) is 0 Å². The summed E-state index contributed by atoms with van der Waals surface area (Å²) in [4.78, 5) is 0. The molecule has 12 heavy (non-hydrogen) atoms.